The topological polar surface area (TPSA) is 35.5 Å². The van der Waals surface area contributed by atoms with Gasteiger partial charge in [-0.1, -0.05) is 37.3 Å². The highest BCUT2D eigenvalue weighted by atomic mass is 16.5. The zero-order valence-corrected chi connectivity index (χ0v) is 13.0. The second kappa shape index (κ2) is 10.8. The van der Waals surface area contributed by atoms with Gasteiger partial charge in [-0.15, -0.1) is 0 Å². The van der Waals surface area contributed by atoms with Crippen LogP contribution in [0.25, 0.3) is 0 Å². The summed E-state index contributed by atoms with van der Waals surface area (Å²) >= 11 is 0. The van der Waals surface area contributed by atoms with Gasteiger partial charge >= 0.3 is 5.97 Å². The first-order valence-corrected chi connectivity index (χ1v) is 7.59. The van der Waals surface area contributed by atoms with Crippen molar-refractivity contribution < 1.29 is 14.3 Å². The molecule has 0 aliphatic rings. The van der Waals surface area contributed by atoms with Gasteiger partial charge in [-0.3, -0.25) is 4.79 Å². The molecule has 0 radical (unpaired) electrons. The summed E-state index contributed by atoms with van der Waals surface area (Å²) in [4.78, 5) is 11.3. The molecule has 0 fully saturated rings. The number of unbranched alkanes of at least 4 members (excludes halogenated alkanes) is 2. The van der Waals surface area contributed by atoms with E-state index < -0.39 is 0 Å². The zero-order valence-electron chi connectivity index (χ0n) is 13.0. The molecule has 0 amide bonds. The smallest absolute Gasteiger partial charge is 0.306 e. The Morgan fingerprint density at radius 2 is 1.90 bits per heavy atom. The van der Waals surface area contributed by atoms with Crippen LogP contribution in [0.2, 0.25) is 0 Å². The molecule has 0 aliphatic carbocycles. The fourth-order valence-electron chi connectivity index (χ4n) is 1.76. The van der Waals surface area contributed by atoms with Crippen molar-refractivity contribution in [1.82, 2.24) is 0 Å². The Morgan fingerprint density at radius 1 is 1.14 bits per heavy atom. The molecule has 0 atom stereocenters. The minimum atomic E-state index is -0.153. The van der Waals surface area contributed by atoms with E-state index in [2.05, 4.69) is 18.8 Å². The Hall–Kier alpha value is -1.95. The summed E-state index contributed by atoms with van der Waals surface area (Å²) < 4.78 is 10.4. The molecule has 21 heavy (non-hydrogen) atoms. The lowest BCUT2D eigenvalue weighted by Gasteiger charge is -2.05. The molecule has 3 heteroatoms. The third kappa shape index (κ3) is 8.04. The van der Waals surface area contributed by atoms with E-state index in [4.69, 9.17) is 9.47 Å². The molecule has 1 aromatic carbocycles. The molecule has 0 heterocycles. The molecule has 114 valence electrons. The molecule has 0 saturated carbocycles. The van der Waals surface area contributed by atoms with Crippen LogP contribution in [0, 0.1) is 11.8 Å². The van der Waals surface area contributed by atoms with Crippen molar-refractivity contribution in [1.29, 1.82) is 0 Å². The first kappa shape index (κ1) is 17.1. The van der Waals surface area contributed by atoms with Gasteiger partial charge in [0.1, 0.15) is 12.4 Å². The number of ether oxygens (including phenoxy) is 2. The van der Waals surface area contributed by atoms with Crippen LogP contribution in [0.15, 0.2) is 24.3 Å². The summed E-state index contributed by atoms with van der Waals surface area (Å²) in [7, 11) is 0. The predicted molar refractivity (Wildman–Crippen MR) is 84.2 cm³/mol. The lowest BCUT2D eigenvalue weighted by molar-refractivity contribution is -0.143. The Kier molecular flexibility index (Phi) is 8.79. The Balaban J connectivity index is 2.29. The van der Waals surface area contributed by atoms with Crippen molar-refractivity contribution in [3.63, 3.8) is 0 Å². The van der Waals surface area contributed by atoms with Crippen molar-refractivity contribution in [2.24, 2.45) is 0 Å². The van der Waals surface area contributed by atoms with Crippen molar-refractivity contribution >= 4 is 5.97 Å². The van der Waals surface area contributed by atoms with Crippen molar-refractivity contribution in [3.8, 4) is 17.6 Å². The van der Waals surface area contributed by atoms with Gasteiger partial charge in [-0.2, -0.15) is 0 Å². The van der Waals surface area contributed by atoms with E-state index >= 15 is 0 Å². The summed E-state index contributed by atoms with van der Waals surface area (Å²) in [6, 6.07) is 7.76. The first-order chi connectivity index (χ1) is 10.3. The third-order valence-electron chi connectivity index (χ3n) is 2.94. The van der Waals surface area contributed by atoms with Gasteiger partial charge in [0.2, 0.25) is 0 Å². The zero-order chi connectivity index (χ0) is 15.3. The monoisotopic (exact) mass is 288 g/mol. The fourth-order valence-corrected chi connectivity index (χ4v) is 1.76. The van der Waals surface area contributed by atoms with E-state index in [0.717, 1.165) is 24.2 Å². The lowest BCUT2D eigenvalue weighted by Crippen LogP contribution is -2.05. The van der Waals surface area contributed by atoms with Gasteiger partial charge in [0.15, 0.2) is 0 Å². The molecule has 1 aromatic rings. The largest absolute Gasteiger partial charge is 0.481 e. The van der Waals surface area contributed by atoms with Crippen LogP contribution in [0.1, 0.15) is 45.1 Å². The summed E-state index contributed by atoms with van der Waals surface area (Å²) in [6.07, 6.45) is 4.35. The maximum absolute atomic E-state index is 11.3. The highest BCUT2D eigenvalue weighted by molar-refractivity contribution is 5.69. The predicted octanol–water partition coefficient (Wildman–Crippen LogP) is 3.75. The van der Waals surface area contributed by atoms with Gasteiger partial charge in [0.25, 0.3) is 0 Å². The summed E-state index contributed by atoms with van der Waals surface area (Å²) in [6.45, 7) is 4.83. The number of hydrogen-bond acceptors (Lipinski definition) is 3. The minimum Gasteiger partial charge on any atom is -0.481 e. The Morgan fingerprint density at radius 3 is 2.57 bits per heavy atom. The van der Waals surface area contributed by atoms with E-state index in [1.54, 1.807) is 0 Å². The van der Waals surface area contributed by atoms with Crippen LogP contribution in [-0.2, 0) is 16.0 Å². The molecule has 0 aromatic heterocycles. The van der Waals surface area contributed by atoms with Crippen LogP contribution in [0.3, 0.4) is 0 Å². The van der Waals surface area contributed by atoms with Crippen LogP contribution < -0.4 is 4.74 Å². The van der Waals surface area contributed by atoms with Crippen molar-refractivity contribution in [3.05, 3.63) is 29.8 Å². The molecule has 1 rings (SSSR count). The van der Waals surface area contributed by atoms with Crippen LogP contribution >= 0.6 is 0 Å². The SMILES string of the molecule is CCCCC#CCOc1ccc(CCC(=O)OCC)cc1. The second-order valence-electron chi connectivity index (χ2n) is 4.69. The Bertz CT molecular complexity index is 465. The third-order valence-corrected chi connectivity index (χ3v) is 2.94. The van der Waals surface area contributed by atoms with Crippen LogP contribution in [0.5, 0.6) is 5.75 Å². The summed E-state index contributed by atoms with van der Waals surface area (Å²) in [5, 5.41) is 0. The van der Waals surface area contributed by atoms with Gasteiger partial charge in [0, 0.05) is 12.8 Å². The van der Waals surface area contributed by atoms with E-state index in [1.807, 2.05) is 31.2 Å². The molecule has 0 saturated heterocycles. The number of benzene rings is 1. The first-order valence-electron chi connectivity index (χ1n) is 7.59. The van der Waals surface area contributed by atoms with Crippen molar-refractivity contribution in [2.45, 2.75) is 46.0 Å². The average molecular weight is 288 g/mol. The molecular weight excluding hydrogens is 264 g/mol. The minimum absolute atomic E-state index is 0.153. The molecule has 0 aliphatic heterocycles. The Labute approximate surface area is 127 Å². The molecule has 0 bridgehead atoms. The maximum atomic E-state index is 11.3. The highest BCUT2D eigenvalue weighted by Gasteiger charge is 2.02. The quantitative estimate of drug-likeness (QED) is 0.415. The van der Waals surface area contributed by atoms with Crippen LogP contribution in [0.4, 0.5) is 0 Å². The number of carbonyl (C=O) groups is 1. The van der Waals surface area contributed by atoms with E-state index in [1.165, 1.54) is 6.42 Å². The number of carbonyl (C=O) groups excluding carboxylic acids is 1. The van der Waals surface area contributed by atoms with Gasteiger partial charge in [-0.05, 0) is 37.5 Å². The van der Waals surface area contributed by atoms with Gasteiger partial charge in [0.05, 0.1) is 6.61 Å². The average Bonchev–Trinajstić information content (AvgIpc) is 2.50. The second-order valence-corrected chi connectivity index (χ2v) is 4.69. The molecular formula is C18H24O3. The van der Waals surface area contributed by atoms with Gasteiger partial charge in [-0.25, -0.2) is 0 Å². The molecule has 0 spiro atoms. The van der Waals surface area contributed by atoms with Crippen molar-refractivity contribution in [2.75, 3.05) is 13.2 Å². The number of esters is 1. The number of rotatable bonds is 8. The molecule has 3 nitrogen and oxygen atoms in total. The fraction of sp³-hybridized carbons (Fsp3) is 0.500. The number of aryl methyl sites for hydroxylation is 1. The number of hydrogen-bond donors (Lipinski definition) is 0. The van der Waals surface area contributed by atoms with E-state index in [-0.39, 0.29) is 5.97 Å². The summed E-state index contributed by atoms with van der Waals surface area (Å²) in [5.74, 6) is 6.74. The molecule has 0 N–H and O–H groups in total. The normalized spacial score (nSPS) is 9.62. The van der Waals surface area contributed by atoms with E-state index in [0.29, 0.717) is 26.1 Å². The summed E-state index contributed by atoms with van der Waals surface area (Å²) in [5.41, 5.74) is 1.10. The highest BCUT2D eigenvalue weighted by Crippen LogP contribution is 2.13. The molecule has 0 unspecified atom stereocenters. The van der Waals surface area contributed by atoms with Gasteiger partial charge < -0.3 is 9.47 Å². The van der Waals surface area contributed by atoms with E-state index in [9.17, 15) is 4.79 Å². The van der Waals surface area contributed by atoms with Crippen LogP contribution in [-0.4, -0.2) is 19.2 Å². The lowest BCUT2D eigenvalue weighted by atomic mass is 10.1. The maximum Gasteiger partial charge on any atom is 0.306 e. The standard InChI is InChI=1S/C18H24O3/c1-3-5-6-7-8-15-21-17-12-9-16(10-13-17)11-14-18(19)20-4-2/h9-10,12-13H,3-6,11,14-15H2,1-2H3.